The van der Waals surface area contributed by atoms with Crippen LogP contribution in [0, 0.1) is 6.92 Å². The molecular weight excluding hydrogens is 431 g/mol. The SMILES string of the molecule is CCN(CC)CCCNc1nc(-c2cc(Br)cc(CF)c2)nc2c(C)cccc12. The van der Waals surface area contributed by atoms with Gasteiger partial charge in [0.25, 0.3) is 0 Å². The van der Waals surface area contributed by atoms with Crippen molar-refractivity contribution in [2.75, 3.05) is 31.5 Å². The van der Waals surface area contributed by atoms with E-state index in [0.717, 1.165) is 64.9 Å². The van der Waals surface area contributed by atoms with Gasteiger partial charge in [-0.05, 0) is 68.4 Å². The number of para-hydroxylation sites is 1. The normalized spacial score (nSPS) is 11.4. The minimum atomic E-state index is -0.518. The van der Waals surface area contributed by atoms with E-state index < -0.39 is 6.67 Å². The van der Waals surface area contributed by atoms with Gasteiger partial charge in [0.15, 0.2) is 5.82 Å². The van der Waals surface area contributed by atoms with Crippen LogP contribution in [-0.4, -0.2) is 41.0 Å². The number of rotatable bonds is 9. The summed E-state index contributed by atoms with van der Waals surface area (Å²) in [5, 5.41) is 4.52. The van der Waals surface area contributed by atoms with Crippen LogP contribution in [0.2, 0.25) is 0 Å². The summed E-state index contributed by atoms with van der Waals surface area (Å²) in [4.78, 5) is 12.0. The molecule has 1 aromatic heterocycles. The molecule has 1 heterocycles. The molecule has 0 spiro atoms. The number of anilines is 1. The van der Waals surface area contributed by atoms with Gasteiger partial charge in [0, 0.05) is 22.0 Å². The monoisotopic (exact) mass is 458 g/mol. The lowest BCUT2D eigenvalue weighted by Crippen LogP contribution is -2.25. The maximum Gasteiger partial charge on any atom is 0.162 e. The molecule has 1 N–H and O–H groups in total. The van der Waals surface area contributed by atoms with Crippen molar-refractivity contribution in [1.82, 2.24) is 14.9 Å². The Morgan fingerprint density at radius 1 is 1.10 bits per heavy atom. The van der Waals surface area contributed by atoms with E-state index in [1.807, 2.05) is 24.3 Å². The first-order valence-corrected chi connectivity index (χ1v) is 10.9. The number of fused-ring (bicyclic) bond motifs is 1. The van der Waals surface area contributed by atoms with Crippen LogP contribution < -0.4 is 5.32 Å². The molecule has 0 aliphatic heterocycles. The first kappa shape index (κ1) is 21.7. The number of aryl methyl sites for hydroxylation is 1. The standard InChI is InChI=1S/C23H28BrFN4/c1-4-29(5-2)11-7-10-26-23-20-9-6-8-16(3)21(20)27-22(28-23)18-12-17(15-25)13-19(24)14-18/h6,8-9,12-14H,4-5,7,10-11,15H2,1-3H3,(H,26,27,28). The van der Waals surface area contributed by atoms with Crippen LogP contribution in [0.25, 0.3) is 22.3 Å². The molecule has 0 bridgehead atoms. The Morgan fingerprint density at radius 3 is 2.62 bits per heavy atom. The number of hydrogen-bond donors (Lipinski definition) is 1. The van der Waals surface area contributed by atoms with Crippen LogP contribution in [0.1, 0.15) is 31.4 Å². The molecule has 3 aromatic rings. The Kier molecular flexibility index (Phi) is 7.56. The highest BCUT2D eigenvalue weighted by atomic mass is 79.9. The van der Waals surface area contributed by atoms with Gasteiger partial charge in [-0.25, -0.2) is 14.4 Å². The molecule has 0 radical (unpaired) electrons. The van der Waals surface area contributed by atoms with E-state index in [1.165, 1.54) is 0 Å². The van der Waals surface area contributed by atoms with Gasteiger partial charge in [-0.2, -0.15) is 0 Å². The molecular formula is C23H28BrFN4. The summed E-state index contributed by atoms with van der Waals surface area (Å²) >= 11 is 3.47. The molecule has 3 rings (SSSR count). The zero-order chi connectivity index (χ0) is 20.8. The summed E-state index contributed by atoms with van der Waals surface area (Å²) < 4.78 is 14.1. The largest absolute Gasteiger partial charge is 0.369 e. The number of nitrogens with one attached hydrogen (secondary N) is 1. The highest BCUT2D eigenvalue weighted by Gasteiger charge is 2.12. The summed E-state index contributed by atoms with van der Waals surface area (Å²) in [7, 11) is 0. The second kappa shape index (κ2) is 10.1. The van der Waals surface area contributed by atoms with Crippen molar-refractivity contribution >= 4 is 32.7 Å². The fourth-order valence-electron chi connectivity index (χ4n) is 3.47. The number of nitrogens with zero attached hydrogens (tertiary/aromatic N) is 3. The summed E-state index contributed by atoms with van der Waals surface area (Å²) in [5.41, 5.74) is 3.43. The van der Waals surface area contributed by atoms with Gasteiger partial charge in [0.1, 0.15) is 12.5 Å². The molecule has 0 fully saturated rings. The first-order valence-electron chi connectivity index (χ1n) is 10.1. The maximum atomic E-state index is 13.2. The Labute approximate surface area is 180 Å². The lowest BCUT2D eigenvalue weighted by Gasteiger charge is -2.18. The number of halogens is 2. The van der Waals surface area contributed by atoms with Gasteiger partial charge < -0.3 is 10.2 Å². The van der Waals surface area contributed by atoms with Crippen LogP contribution in [0.3, 0.4) is 0 Å². The topological polar surface area (TPSA) is 41.0 Å². The van der Waals surface area contributed by atoms with E-state index in [4.69, 9.17) is 9.97 Å². The van der Waals surface area contributed by atoms with Crippen molar-refractivity contribution in [2.24, 2.45) is 0 Å². The molecule has 0 aliphatic carbocycles. The molecule has 6 heteroatoms. The van der Waals surface area contributed by atoms with E-state index in [0.29, 0.717) is 11.4 Å². The third-order valence-corrected chi connectivity index (χ3v) is 5.59. The van der Waals surface area contributed by atoms with Gasteiger partial charge in [0.05, 0.1) is 5.52 Å². The Balaban J connectivity index is 1.94. The van der Waals surface area contributed by atoms with E-state index in [-0.39, 0.29) is 0 Å². The third-order valence-electron chi connectivity index (χ3n) is 5.14. The van der Waals surface area contributed by atoms with Gasteiger partial charge in [-0.3, -0.25) is 0 Å². The van der Waals surface area contributed by atoms with Crippen molar-refractivity contribution < 1.29 is 4.39 Å². The van der Waals surface area contributed by atoms with Crippen LogP contribution >= 0.6 is 15.9 Å². The number of aromatic nitrogens is 2. The third kappa shape index (κ3) is 5.31. The van der Waals surface area contributed by atoms with Crippen molar-refractivity contribution in [1.29, 1.82) is 0 Å². The molecule has 0 atom stereocenters. The Hall–Kier alpha value is -2.05. The second-order valence-electron chi connectivity index (χ2n) is 7.16. The van der Waals surface area contributed by atoms with E-state index in [9.17, 15) is 4.39 Å². The number of benzene rings is 2. The second-order valence-corrected chi connectivity index (χ2v) is 8.07. The lowest BCUT2D eigenvalue weighted by molar-refractivity contribution is 0.303. The number of alkyl halides is 1. The van der Waals surface area contributed by atoms with Gasteiger partial charge in [0.2, 0.25) is 0 Å². The fourth-order valence-corrected chi connectivity index (χ4v) is 4.01. The quantitative estimate of drug-likeness (QED) is 0.400. The minimum absolute atomic E-state index is 0.518. The van der Waals surface area contributed by atoms with Crippen molar-refractivity contribution in [3.8, 4) is 11.4 Å². The predicted octanol–water partition coefficient (Wildman–Crippen LogP) is 5.98. The van der Waals surface area contributed by atoms with E-state index >= 15 is 0 Å². The zero-order valence-corrected chi connectivity index (χ0v) is 18.9. The lowest BCUT2D eigenvalue weighted by atomic mass is 10.1. The van der Waals surface area contributed by atoms with Gasteiger partial charge in [-0.1, -0.05) is 41.9 Å². The summed E-state index contributed by atoms with van der Waals surface area (Å²) in [6, 6.07) is 11.7. The van der Waals surface area contributed by atoms with Crippen molar-refractivity contribution in [3.05, 3.63) is 52.0 Å². The first-order chi connectivity index (χ1) is 14.0. The summed E-state index contributed by atoms with van der Waals surface area (Å²) in [6.07, 6.45) is 1.04. The molecule has 2 aromatic carbocycles. The molecule has 29 heavy (non-hydrogen) atoms. The molecule has 154 valence electrons. The van der Waals surface area contributed by atoms with Crippen LogP contribution in [0.15, 0.2) is 40.9 Å². The van der Waals surface area contributed by atoms with Crippen molar-refractivity contribution in [3.63, 3.8) is 0 Å². The average molecular weight is 459 g/mol. The number of hydrogen-bond acceptors (Lipinski definition) is 4. The smallest absolute Gasteiger partial charge is 0.162 e. The summed E-state index contributed by atoms with van der Waals surface area (Å²) in [5.74, 6) is 1.43. The van der Waals surface area contributed by atoms with Crippen LogP contribution in [0.5, 0.6) is 0 Å². The fraction of sp³-hybridized carbons (Fsp3) is 0.391. The van der Waals surface area contributed by atoms with Crippen LogP contribution in [-0.2, 0) is 6.67 Å². The predicted molar refractivity (Wildman–Crippen MR) is 123 cm³/mol. The highest BCUT2D eigenvalue weighted by Crippen LogP contribution is 2.29. The Bertz CT molecular complexity index is 972. The van der Waals surface area contributed by atoms with Crippen molar-refractivity contribution in [2.45, 2.75) is 33.9 Å². The van der Waals surface area contributed by atoms with Gasteiger partial charge >= 0.3 is 0 Å². The average Bonchev–Trinajstić information content (AvgIpc) is 2.73. The summed E-state index contributed by atoms with van der Waals surface area (Å²) in [6.45, 7) is 9.94. The van der Waals surface area contributed by atoms with E-state index in [1.54, 1.807) is 6.07 Å². The molecule has 0 aliphatic rings. The molecule has 0 unspecified atom stereocenters. The Morgan fingerprint density at radius 2 is 1.90 bits per heavy atom. The highest BCUT2D eigenvalue weighted by molar-refractivity contribution is 9.10. The minimum Gasteiger partial charge on any atom is -0.369 e. The van der Waals surface area contributed by atoms with Crippen LogP contribution in [0.4, 0.5) is 10.2 Å². The molecule has 0 saturated carbocycles. The van der Waals surface area contributed by atoms with E-state index in [2.05, 4.69) is 53.0 Å². The molecule has 0 saturated heterocycles. The molecule has 4 nitrogen and oxygen atoms in total. The zero-order valence-electron chi connectivity index (χ0n) is 17.3. The van der Waals surface area contributed by atoms with Gasteiger partial charge in [-0.15, -0.1) is 0 Å². The molecule has 0 amide bonds. The maximum absolute atomic E-state index is 13.2.